The summed E-state index contributed by atoms with van der Waals surface area (Å²) in [4.78, 5) is 14.7. The molecule has 0 aliphatic heterocycles. The largest absolute Gasteiger partial charge is 0.343 e. The first-order valence-corrected chi connectivity index (χ1v) is 8.10. The van der Waals surface area contributed by atoms with Crippen LogP contribution < -0.4 is 5.73 Å². The van der Waals surface area contributed by atoms with Gasteiger partial charge in [0.2, 0.25) is 5.91 Å². The predicted molar refractivity (Wildman–Crippen MR) is 78.7 cm³/mol. The maximum Gasteiger partial charge on any atom is 0.225 e. The van der Waals surface area contributed by atoms with Gasteiger partial charge in [0.25, 0.3) is 0 Å². The molecule has 2 aliphatic carbocycles. The van der Waals surface area contributed by atoms with Crippen LogP contribution in [0, 0.1) is 11.8 Å². The highest BCUT2D eigenvalue weighted by molar-refractivity contribution is 5.79. The number of nitrogens with zero attached hydrogens (tertiary/aromatic N) is 1. The van der Waals surface area contributed by atoms with Crippen LogP contribution in [-0.2, 0) is 4.79 Å². The van der Waals surface area contributed by atoms with Crippen molar-refractivity contribution in [3.8, 4) is 0 Å². The molecular weight excluding hydrogens is 236 g/mol. The van der Waals surface area contributed by atoms with E-state index in [2.05, 4.69) is 11.8 Å². The molecule has 110 valence electrons. The van der Waals surface area contributed by atoms with Gasteiger partial charge in [0.05, 0.1) is 0 Å². The Labute approximate surface area is 117 Å². The minimum absolute atomic E-state index is 0.173. The van der Waals surface area contributed by atoms with Crippen molar-refractivity contribution in [2.24, 2.45) is 17.6 Å². The molecule has 3 atom stereocenters. The summed E-state index contributed by atoms with van der Waals surface area (Å²) in [6.07, 6.45) is 10.6. The molecule has 3 nitrogen and oxygen atoms in total. The average molecular weight is 266 g/mol. The Balaban J connectivity index is 1.93. The van der Waals surface area contributed by atoms with Crippen molar-refractivity contribution in [2.75, 3.05) is 7.05 Å². The molecule has 3 heteroatoms. The van der Waals surface area contributed by atoms with Crippen LogP contribution in [0.4, 0.5) is 0 Å². The van der Waals surface area contributed by atoms with Crippen LogP contribution in [0.5, 0.6) is 0 Å². The highest BCUT2D eigenvalue weighted by atomic mass is 16.2. The van der Waals surface area contributed by atoms with Crippen molar-refractivity contribution in [3.05, 3.63) is 0 Å². The zero-order valence-electron chi connectivity index (χ0n) is 12.6. The van der Waals surface area contributed by atoms with E-state index in [1.54, 1.807) is 0 Å². The van der Waals surface area contributed by atoms with Crippen LogP contribution >= 0.6 is 0 Å². The molecule has 19 heavy (non-hydrogen) atoms. The molecule has 2 saturated carbocycles. The predicted octanol–water partition coefficient (Wildman–Crippen LogP) is 2.93. The van der Waals surface area contributed by atoms with Crippen molar-refractivity contribution in [3.63, 3.8) is 0 Å². The number of carbonyl (C=O) groups is 1. The van der Waals surface area contributed by atoms with Crippen molar-refractivity contribution in [1.29, 1.82) is 0 Å². The first-order valence-electron chi connectivity index (χ1n) is 8.10. The second-order valence-corrected chi connectivity index (χ2v) is 6.86. The lowest BCUT2D eigenvalue weighted by molar-refractivity contribution is -0.138. The van der Waals surface area contributed by atoms with E-state index in [9.17, 15) is 4.79 Å². The molecule has 2 N–H and O–H groups in total. The van der Waals surface area contributed by atoms with Gasteiger partial charge in [-0.1, -0.05) is 32.6 Å². The van der Waals surface area contributed by atoms with Gasteiger partial charge in [-0.2, -0.15) is 0 Å². The SMILES string of the molecule is CC1CC(N)CC(C(=O)N(C)C2CCCCCC2)C1. The van der Waals surface area contributed by atoms with E-state index in [0.717, 1.165) is 19.3 Å². The molecule has 3 unspecified atom stereocenters. The Morgan fingerprint density at radius 2 is 1.68 bits per heavy atom. The summed E-state index contributed by atoms with van der Waals surface area (Å²) in [5, 5.41) is 0. The van der Waals surface area contributed by atoms with Crippen molar-refractivity contribution >= 4 is 5.91 Å². The molecular formula is C16H30N2O. The van der Waals surface area contributed by atoms with E-state index in [1.165, 1.54) is 38.5 Å². The van der Waals surface area contributed by atoms with Crippen LogP contribution in [0.2, 0.25) is 0 Å². The summed E-state index contributed by atoms with van der Waals surface area (Å²) < 4.78 is 0. The summed E-state index contributed by atoms with van der Waals surface area (Å²) in [6.45, 7) is 2.23. The molecule has 0 bridgehead atoms. The number of hydrogen-bond donors (Lipinski definition) is 1. The monoisotopic (exact) mass is 266 g/mol. The molecule has 0 saturated heterocycles. The molecule has 0 aromatic carbocycles. The zero-order valence-corrected chi connectivity index (χ0v) is 12.6. The Morgan fingerprint density at radius 1 is 1.05 bits per heavy atom. The fraction of sp³-hybridized carbons (Fsp3) is 0.938. The maximum absolute atomic E-state index is 12.7. The van der Waals surface area contributed by atoms with Gasteiger partial charge in [-0.3, -0.25) is 4.79 Å². The van der Waals surface area contributed by atoms with Crippen LogP contribution in [0.25, 0.3) is 0 Å². The lowest BCUT2D eigenvalue weighted by Gasteiger charge is -2.35. The number of hydrogen-bond acceptors (Lipinski definition) is 2. The Morgan fingerprint density at radius 3 is 2.26 bits per heavy atom. The first kappa shape index (κ1) is 14.8. The number of nitrogens with two attached hydrogens (primary N) is 1. The minimum Gasteiger partial charge on any atom is -0.343 e. The lowest BCUT2D eigenvalue weighted by Crippen LogP contribution is -2.44. The molecule has 0 aromatic heterocycles. The molecule has 2 fully saturated rings. The van der Waals surface area contributed by atoms with Crippen LogP contribution in [0.1, 0.15) is 64.7 Å². The molecule has 2 rings (SSSR count). The summed E-state index contributed by atoms with van der Waals surface area (Å²) in [5.41, 5.74) is 6.09. The third kappa shape index (κ3) is 3.95. The summed E-state index contributed by atoms with van der Waals surface area (Å²) in [7, 11) is 2.02. The van der Waals surface area contributed by atoms with Gasteiger partial charge in [-0.05, 0) is 38.0 Å². The smallest absolute Gasteiger partial charge is 0.225 e. The molecule has 0 heterocycles. The van der Waals surface area contributed by atoms with E-state index < -0.39 is 0 Å². The zero-order chi connectivity index (χ0) is 13.8. The van der Waals surface area contributed by atoms with Crippen molar-refractivity contribution < 1.29 is 4.79 Å². The normalized spacial score (nSPS) is 33.7. The van der Waals surface area contributed by atoms with Gasteiger partial charge >= 0.3 is 0 Å². The lowest BCUT2D eigenvalue weighted by atomic mass is 9.79. The quantitative estimate of drug-likeness (QED) is 0.781. The summed E-state index contributed by atoms with van der Waals surface area (Å²) in [6, 6.07) is 0.698. The average Bonchev–Trinajstić information content (AvgIpc) is 2.64. The standard InChI is InChI=1S/C16H30N2O/c1-12-9-13(11-14(17)10-12)16(19)18(2)15-7-5-3-4-6-8-15/h12-15H,3-11,17H2,1-2H3. The van der Waals surface area contributed by atoms with Gasteiger partial charge in [0.15, 0.2) is 0 Å². The van der Waals surface area contributed by atoms with Crippen molar-refractivity contribution in [2.45, 2.75) is 76.8 Å². The summed E-state index contributed by atoms with van der Waals surface area (Å²) in [5.74, 6) is 1.13. The molecule has 0 spiro atoms. The Bertz CT molecular complexity index is 287. The van der Waals surface area contributed by atoms with E-state index in [0.29, 0.717) is 17.9 Å². The van der Waals surface area contributed by atoms with Gasteiger partial charge < -0.3 is 10.6 Å². The Kier molecular flexibility index (Phi) is 5.26. The Hall–Kier alpha value is -0.570. The topological polar surface area (TPSA) is 46.3 Å². The maximum atomic E-state index is 12.7. The fourth-order valence-corrected chi connectivity index (χ4v) is 3.97. The molecule has 0 aromatic rings. The molecule has 1 amide bonds. The van der Waals surface area contributed by atoms with Gasteiger partial charge in [-0.15, -0.1) is 0 Å². The van der Waals surface area contributed by atoms with E-state index in [4.69, 9.17) is 5.73 Å². The first-order chi connectivity index (χ1) is 9.08. The highest BCUT2D eigenvalue weighted by Gasteiger charge is 2.33. The fourth-order valence-electron chi connectivity index (χ4n) is 3.97. The number of carbonyl (C=O) groups excluding carboxylic acids is 1. The van der Waals surface area contributed by atoms with E-state index >= 15 is 0 Å². The van der Waals surface area contributed by atoms with Crippen LogP contribution in [0.3, 0.4) is 0 Å². The van der Waals surface area contributed by atoms with E-state index in [-0.39, 0.29) is 12.0 Å². The third-order valence-electron chi connectivity index (χ3n) is 5.05. The van der Waals surface area contributed by atoms with Crippen molar-refractivity contribution in [1.82, 2.24) is 4.90 Å². The molecule has 2 aliphatic rings. The van der Waals surface area contributed by atoms with Gasteiger partial charge in [-0.25, -0.2) is 0 Å². The third-order valence-corrected chi connectivity index (χ3v) is 5.05. The second-order valence-electron chi connectivity index (χ2n) is 6.86. The van der Waals surface area contributed by atoms with E-state index in [1.807, 2.05) is 7.05 Å². The molecule has 0 radical (unpaired) electrons. The number of rotatable bonds is 2. The highest BCUT2D eigenvalue weighted by Crippen LogP contribution is 2.31. The number of amides is 1. The minimum atomic E-state index is 0.173. The van der Waals surface area contributed by atoms with Gasteiger partial charge in [0.1, 0.15) is 0 Å². The summed E-state index contributed by atoms with van der Waals surface area (Å²) >= 11 is 0. The van der Waals surface area contributed by atoms with Crippen LogP contribution in [0.15, 0.2) is 0 Å². The van der Waals surface area contributed by atoms with Crippen LogP contribution in [-0.4, -0.2) is 29.9 Å². The second kappa shape index (κ2) is 6.74. The van der Waals surface area contributed by atoms with Gasteiger partial charge in [0, 0.05) is 25.0 Å².